The van der Waals surface area contributed by atoms with E-state index in [1.165, 1.54) is 17.4 Å². The summed E-state index contributed by atoms with van der Waals surface area (Å²) in [6.07, 6.45) is 3.62. The molecule has 1 aromatic carbocycles. The predicted molar refractivity (Wildman–Crippen MR) is 97.8 cm³/mol. The van der Waals surface area contributed by atoms with E-state index in [1.807, 2.05) is 24.7 Å². The molecule has 25 heavy (non-hydrogen) atoms. The third kappa shape index (κ3) is 4.49. The van der Waals surface area contributed by atoms with Gasteiger partial charge in [-0.25, -0.2) is 9.37 Å². The summed E-state index contributed by atoms with van der Waals surface area (Å²) in [5, 5.41) is 7.49. The number of thiazole rings is 1. The number of rotatable bonds is 7. The molecule has 132 valence electrons. The summed E-state index contributed by atoms with van der Waals surface area (Å²) in [6, 6.07) is 4.82. The maximum absolute atomic E-state index is 14.2. The van der Waals surface area contributed by atoms with Gasteiger partial charge in [0, 0.05) is 41.1 Å². The number of nitrogens with one attached hydrogen (secondary N) is 1. The fraction of sp³-hybridized carbons (Fsp3) is 0.294. The number of halogens is 2. The van der Waals surface area contributed by atoms with Crippen molar-refractivity contribution in [2.45, 2.75) is 33.5 Å². The minimum absolute atomic E-state index is 0.218. The number of aromatic nitrogens is 3. The highest BCUT2D eigenvalue weighted by molar-refractivity contribution is 7.15. The Bertz CT molecular complexity index is 864. The molecular weight excluding hydrogens is 363 g/mol. The van der Waals surface area contributed by atoms with Crippen molar-refractivity contribution in [3.8, 4) is 5.75 Å². The average Bonchev–Trinajstić information content (AvgIpc) is 3.17. The van der Waals surface area contributed by atoms with Crippen LogP contribution in [0.4, 0.5) is 10.1 Å². The van der Waals surface area contributed by atoms with Crippen molar-refractivity contribution in [1.82, 2.24) is 14.8 Å². The molecule has 8 heteroatoms. The lowest BCUT2D eigenvalue weighted by Gasteiger charge is -2.09. The standard InChI is InChI=1S/C17H18ClFN4OS/c1-3-23-9-12(11(2)22-23)10-24-16-5-4-13(6-15(16)19)20-7-14-8-21-17(18)25-14/h4-6,8-9,20H,3,7,10H2,1-2H3. The lowest BCUT2D eigenvalue weighted by atomic mass is 10.2. The predicted octanol–water partition coefficient (Wildman–Crippen LogP) is 4.65. The molecule has 0 fully saturated rings. The van der Waals surface area contributed by atoms with Gasteiger partial charge in [-0.3, -0.25) is 4.68 Å². The van der Waals surface area contributed by atoms with Crippen LogP contribution in [0.5, 0.6) is 5.75 Å². The van der Waals surface area contributed by atoms with Crippen LogP contribution < -0.4 is 10.1 Å². The molecular formula is C17H18ClFN4OS. The Kier molecular flexibility index (Phi) is 5.55. The summed E-state index contributed by atoms with van der Waals surface area (Å²) in [6.45, 7) is 5.55. The Labute approximate surface area is 154 Å². The van der Waals surface area contributed by atoms with Crippen LogP contribution in [-0.2, 0) is 19.7 Å². The minimum atomic E-state index is -0.409. The third-order valence-electron chi connectivity index (χ3n) is 3.68. The van der Waals surface area contributed by atoms with E-state index in [-0.39, 0.29) is 12.4 Å². The number of nitrogens with zero attached hydrogens (tertiary/aromatic N) is 3. The zero-order valence-corrected chi connectivity index (χ0v) is 15.5. The Balaban J connectivity index is 1.60. The average molecular weight is 381 g/mol. The molecule has 0 atom stereocenters. The molecule has 0 bridgehead atoms. The number of ether oxygens (including phenoxy) is 1. The first-order chi connectivity index (χ1) is 12.0. The summed E-state index contributed by atoms with van der Waals surface area (Å²) in [4.78, 5) is 4.95. The second kappa shape index (κ2) is 7.84. The van der Waals surface area contributed by atoms with Gasteiger partial charge in [0.1, 0.15) is 6.61 Å². The van der Waals surface area contributed by atoms with E-state index in [0.717, 1.165) is 22.7 Å². The SMILES string of the molecule is CCn1cc(COc2ccc(NCc3cnc(Cl)s3)cc2F)c(C)n1. The molecule has 0 radical (unpaired) electrons. The van der Waals surface area contributed by atoms with Crippen LogP contribution in [0.1, 0.15) is 23.1 Å². The molecule has 0 aliphatic carbocycles. The molecule has 5 nitrogen and oxygen atoms in total. The monoisotopic (exact) mass is 380 g/mol. The molecule has 2 heterocycles. The molecule has 0 saturated carbocycles. The zero-order valence-electron chi connectivity index (χ0n) is 13.9. The summed E-state index contributed by atoms with van der Waals surface area (Å²) in [5.41, 5.74) is 2.51. The van der Waals surface area contributed by atoms with Crippen LogP contribution >= 0.6 is 22.9 Å². The van der Waals surface area contributed by atoms with Crippen molar-refractivity contribution >= 4 is 28.6 Å². The van der Waals surface area contributed by atoms with Crippen molar-refractivity contribution in [3.63, 3.8) is 0 Å². The van der Waals surface area contributed by atoms with Crippen molar-refractivity contribution in [2.24, 2.45) is 0 Å². The first-order valence-electron chi connectivity index (χ1n) is 7.84. The van der Waals surface area contributed by atoms with Gasteiger partial charge in [-0.15, -0.1) is 11.3 Å². The number of hydrogen-bond acceptors (Lipinski definition) is 5. The van der Waals surface area contributed by atoms with E-state index < -0.39 is 5.82 Å². The lowest BCUT2D eigenvalue weighted by Crippen LogP contribution is -2.01. The van der Waals surface area contributed by atoms with Gasteiger partial charge in [-0.2, -0.15) is 5.10 Å². The molecule has 0 aliphatic rings. The normalized spacial score (nSPS) is 10.9. The van der Waals surface area contributed by atoms with Gasteiger partial charge >= 0.3 is 0 Å². The Hall–Kier alpha value is -2.12. The van der Waals surface area contributed by atoms with Gasteiger partial charge in [-0.1, -0.05) is 11.6 Å². The van der Waals surface area contributed by atoms with E-state index in [1.54, 1.807) is 18.3 Å². The highest BCUT2D eigenvalue weighted by Gasteiger charge is 2.09. The van der Waals surface area contributed by atoms with E-state index in [0.29, 0.717) is 16.7 Å². The maximum Gasteiger partial charge on any atom is 0.183 e. The smallest absolute Gasteiger partial charge is 0.183 e. The van der Waals surface area contributed by atoms with Gasteiger partial charge < -0.3 is 10.1 Å². The molecule has 0 saturated heterocycles. The Morgan fingerprint density at radius 3 is 2.88 bits per heavy atom. The van der Waals surface area contributed by atoms with Crippen molar-refractivity contribution in [1.29, 1.82) is 0 Å². The quantitative estimate of drug-likeness (QED) is 0.648. The molecule has 0 aliphatic heterocycles. The Morgan fingerprint density at radius 1 is 1.40 bits per heavy atom. The van der Waals surface area contributed by atoms with Crippen molar-refractivity contribution in [2.75, 3.05) is 5.32 Å². The summed E-state index contributed by atoms with van der Waals surface area (Å²) < 4.78 is 22.2. The molecule has 0 spiro atoms. The number of aryl methyl sites for hydroxylation is 2. The van der Waals surface area contributed by atoms with Crippen LogP contribution in [0.2, 0.25) is 4.47 Å². The minimum Gasteiger partial charge on any atom is -0.486 e. The van der Waals surface area contributed by atoms with Gasteiger partial charge in [-0.05, 0) is 26.0 Å². The Morgan fingerprint density at radius 2 is 2.24 bits per heavy atom. The largest absolute Gasteiger partial charge is 0.486 e. The molecule has 1 N–H and O–H groups in total. The molecule has 2 aromatic heterocycles. The molecule has 3 rings (SSSR count). The zero-order chi connectivity index (χ0) is 17.8. The summed E-state index contributed by atoms with van der Waals surface area (Å²) in [5.74, 6) is -0.192. The van der Waals surface area contributed by atoms with Crippen LogP contribution in [0, 0.1) is 12.7 Å². The van der Waals surface area contributed by atoms with Gasteiger partial charge in [0.25, 0.3) is 0 Å². The van der Waals surface area contributed by atoms with E-state index in [2.05, 4.69) is 15.4 Å². The molecule has 0 unspecified atom stereocenters. The van der Waals surface area contributed by atoms with E-state index in [4.69, 9.17) is 16.3 Å². The second-order valence-corrected chi connectivity index (χ2v) is 7.16. The highest BCUT2D eigenvalue weighted by atomic mass is 35.5. The summed E-state index contributed by atoms with van der Waals surface area (Å²) in [7, 11) is 0. The van der Waals surface area contributed by atoms with Crippen LogP contribution in [0.3, 0.4) is 0 Å². The highest BCUT2D eigenvalue weighted by Crippen LogP contribution is 2.24. The van der Waals surface area contributed by atoms with E-state index in [9.17, 15) is 4.39 Å². The number of anilines is 1. The maximum atomic E-state index is 14.2. The van der Waals surface area contributed by atoms with Gasteiger partial charge in [0.15, 0.2) is 16.0 Å². The van der Waals surface area contributed by atoms with Crippen LogP contribution in [0.25, 0.3) is 0 Å². The van der Waals surface area contributed by atoms with Crippen LogP contribution in [-0.4, -0.2) is 14.8 Å². The second-order valence-electron chi connectivity index (χ2n) is 5.46. The first kappa shape index (κ1) is 17.7. The van der Waals surface area contributed by atoms with Crippen molar-refractivity contribution in [3.05, 3.63) is 57.0 Å². The number of hydrogen-bond donors (Lipinski definition) is 1. The summed E-state index contributed by atoms with van der Waals surface area (Å²) >= 11 is 7.18. The fourth-order valence-electron chi connectivity index (χ4n) is 2.30. The first-order valence-corrected chi connectivity index (χ1v) is 9.04. The van der Waals surface area contributed by atoms with Crippen LogP contribution in [0.15, 0.2) is 30.6 Å². The van der Waals surface area contributed by atoms with E-state index >= 15 is 0 Å². The fourth-order valence-corrected chi connectivity index (χ4v) is 3.22. The molecule has 3 aromatic rings. The lowest BCUT2D eigenvalue weighted by molar-refractivity contribution is 0.289. The topological polar surface area (TPSA) is 52.0 Å². The van der Waals surface area contributed by atoms with Gasteiger partial charge in [0.05, 0.1) is 12.2 Å². The van der Waals surface area contributed by atoms with Crippen molar-refractivity contribution < 1.29 is 9.13 Å². The number of benzene rings is 1. The molecule has 0 amide bonds. The van der Waals surface area contributed by atoms with Gasteiger partial charge in [0.2, 0.25) is 0 Å². The third-order valence-corrected chi connectivity index (χ3v) is 4.79.